The van der Waals surface area contributed by atoms with E-state index in [0.29, 0.717) is 24.5 Å². The van der Waals surface area contributed by atoms with E-state index in [0.717, 1.165) is 38.6 Å². The predicted molar refractivity (Wildman–Crippen MR) is 78.2 cm³/mol. The van der Waals surface area contributed by atoms with Crippen LogP contribution in [0.25, 0.3) is 0 Å². The van der Waals surface area contributed by atoms with E-state index < -0.39 is 0 Å². The van der Waals surface area contributed by atoms with Crippen molar-refractivity contribution in [1.29, 1.82) is 0 Å². The van der Waals surface area contributed by atoms with Gasteiger partial charge in [0.1, 0.15) is 0 Å². The summed E-state index contributed by atoms with van der Waals surface area (Å²) in [4.78, 5) is 15.1. The number of morpholine rings is 1. The van der Waals surface area contributed by atoms with Crippen LogP contribution < -0.4 is 5.73 Å². The number of carbonyl (C=O) groups is 1. The van der Waals surface area contributed by atoms with Gasteiger partial charge in [-0.15, -0.1) is 0 Å². The molecular formula is C16H28N2O2. The molecule has 1 saturated heterocycles. The SMILES string of the molecule is CC1C(N)CCCC1C(=O)N1CCOC2CCCCC21. The summed E-state index contributed by atoms with van der Waals surface area (Å²) in [7, 11) is 0. The van der Waals surface area contributed by atoms with E-state index in [9.17, 15) is 4.79 Å². The Kier molecular flexibility index (Phi) is 4.32. The molecule has 0 bridgehead atoms. The molecule has 2 saturated carbocycles. The first-order chi connectivity index (χ1) is 9.68. The molecule has 1 heterocycles. The fraction of sp³-hybridized carbons (Fsp3) is 0.938. The number of hydrogen-bond donors (Lipinski definition) is 1. The third-order valence-corrected chi connectivity index (χ3v) is 5.70. The number of nitrogens with zero attached hydrogens (tertiary/aromatic N) is 1. The van der Waals surface area contributed by atoms with E-state index in [1.807, 2.05) is 0 Å². The molecule has 2 N–H and O–H groups in total. The van der Waals surface area contributed by atoms with Crippen molar-refractivity contribution < 1.29 is 9.53 Å². The standard InChI is InChI=1S/C16H28N2O2/c1-11-12(5-4-6-13(11)17)16(19)18-9-10-20-15-8-3-2-7-14(15)18/h11-15H,2-10,17H2,1H3. The highest BCUT2D eigenvalue weighted by molar-refractivity contribution is 5.80. The van der Waals surface area contributed by atoms with Crippen LogP contribution in [0.5, 0.6) is 0 Å². The minimum atomic E-state index is 0.138. The average Bonchev–Trinajstić information content (AvgIpc) is 2.49. The minimum absolute atomic E-state index is 0.138. The Labute approximate surface area is 122 Å². The summed E-state index contributed by atoms with van der Waals surface area (Å²) in [6, 6.07) is 0.524. The molecule has 1 aliphatic heterocycles. The molecule has 20 heavy (non-hydrogen) atoms. The van der Waals surface area contributed by atoms with Crippen LogP contribution in [0.15, 0.2) is 0 Å². The lowest BCUT2D eigenvalue weighted by Gasteiger charge is -2.46. The zero-order valence-electron chi connectivity index (χ0n) is 12.6. The summed E-state index contributed by atoms with van der Waals surface area (Å²) in [5.41, 5.74) is 6.17. The number of ether oxygens (including phenoxy) is 1. The third-order valence-electron chi connectivity index (χ3n) is 5.70. The Morgan fingerprint density at radius 3 is 2.80 bits per heavy atom. The summed E-state index contributed by atoms with van der Waals surface area (Å²) >= 11 is 0. The molecule has 4 nitrogen and oxygen atoms in total. The quantitative estimate of drug-likeness (QED) is 0.798. The van der Waals surface area contributed by atoms with Crippen molar-refractivity contribution in [2.75, 3.05) is 13.2 Å². The largest absolute Gasteiger partial charge is 0.374 e. The first-order valence-electron chi connectivity index (χ1n) is 8.36. The second-order valence-electron chi connectivity index (χ2n) is 6.85. The van der Waals surface area contributed by atoms with E-state index in [1.165, 1.54) is 12.8 Å². The molecule has 3 aliphatic rings. The lowest BCUT2D eigenvalue weighted by Crippen LogP contribution is -2.57. The molecule has 5 atom stereocenters. The highest BCUT2D eigenvalue weighted by atomic mass is 16.5. The number of hydrogen-bond acceptors (Lipinski definition) is 3. The van der Waals surface area contributed by atoms with Crippen molar-refractivity contribution >= 4 is 5.91 Å². The fourth-order valence-corrected chi connectivity index (χ4v) is 4.33. The van der Waals surface area contributed by atoms with Crippen molar-refractivity contribution in [2.45, 2.75) is 70.1 Å². The monoisotopic (exact) mass is 280 g/mol. The van der Waals surface area contributed by atoms with Gasteiger partial charge >= 0.3 is 0 Å². The van der Waals surface area contributed by atoms with Gasteiger partial charge in [0.15, 0.2) is 0 Å². The van der Waals surface area contributed by atoms with Gasteiger partial charge in [-0.05, 0) is 31.6 Å². The molecule has 2 aliphatic carbocycles. The van der Waals surface area contributed by atoms with Crippen LogP contribution in [-0.2, 0) is 9.53 Å². The number of amides is 1. The highest BCUT2D eigenvalue weighted by Gasteiger charge is 2.41. The van der Waals surface area contributed by atoms with Gasteiger partial charge in [-0.3, -0.25) is 4.79 Å². The maximum atomic E-state index is 13.0. The highest BCUT2D eigenvalue weighted by Crippen LogP contribution is 2.34. The number of carbonyl (C=O) groups excluding carboxylic acids is 1. The van der Waals surface area contributed by atoms with E-state index in [-0.39, 0.29) is 18.1 Å². The smallest absolute Gasteiger partial charge is 0.226 e. The molecule has 3 fully saturated rings. The molecule has 0 aromatic carbocycles. The first-order valence-corrected chi connectivity index (χ1v) is 8.36. The van der Waals surface area contributed by atoms with Crippen LogP contribution in [0.3, 0.4) is 0 Å². The van der Waals surface area contributed by atoms with Crippen molar-refractivity contribution in [3.63, 3.8) is 0 Å². The number of fused-ring (bicyclic) bond motifs is 1. The lowest BCUT2D eigenvalue weighted by molar-refractivity contribution is -0.156. The Bertz CT molecular complexity index is 358. The van der Waals surface area contributed by atoms with Gasteiger partial charge in [0.2, 0.25) is 5.91 Å². The van der Waals surface area contributed by atoms with Gasteiger partial charge in [0.25, 0.3) is 0 Å². The van der Waals surface area contributed by atoms with Crippen LogP contribution in [0.2, 0.25) is 0 Å². The topological polar surface area (TPSA) is 55.6 Å². The Morgan fingerprint density at radius 1 is 1.15 bits per heavy atom. The molecular weight excluding hydrogens is 252 g/mol. The van der Waals surface area contributed by atoms with Crippen LogP contribution in [0.4, 0.5) is 0 Å². The molecule has 114 valence electrons. The van der Waals surface area contributed by atoms with Crippen molar-refractivity contribution in [1.82, 2.24) is 4.90 Å². The van der Waals surface area contributed by atoms with Crippen LogP contribution in [-0.4, -0.2) is 42.1 Å². The lowest BCUT2D eigenvalue weighted by atomic mass is 9.76. The molecule has 4 heteroatoms. The number of nitrogens with two attached hydrogens (primary N) is 1. The normalized spacial score (nSPS) is 42.1. The first kappa shape index (κ1) is 14.3. The number of rotatable bonds is 1. The van der Waals surface area contributed by atoms with Crippen molar-refractivity contribution in [2.24, 2.45) is 17.6 Å². The minimum Gasteiger partial charge on any atom is -0.374 e. The van der Waals surface area contributed by atoms with Gasteiger partial charge in [0, 0.05) is 18.5 Å². The molecule has 0 aromatic heterocycles. The van der Waals surface area contributed by atoms with Crippen LogP contribution in [0.1, 0.15) is 51.9 Å². The van der Waals surface area contributed by atoms with E-state index >= 15 is 0 Å². The van der Waals surface area contributed by atoms with Gasteiger partial charge in [-0.25, -0.2) is 0 Å². The Morgan fingerprint density at radius 2 is 1.95 bits per heavy atom. The van der Waals surface area contributed by atoms with E-state index in [1.54, 1.807) is 0 Å². The van der Waals surface area contributed by atoms with Gasteiger partial charge in [0.05, 0.1) is 18.8 Å². The summed E-state index contributed by atoms with van der Waals surface area (Å²) in [5.74, 6) is 0.813. The third kappa shape index (κ3) is 2.60. The summed E-state index contributed by atoms with van der Waals surface area (Å²) < 4.78 is 5.88. The maximum absolute atomic E-state index is 13.0. The Balaban J connectivity index is 1.71. The summed E-state index contributed by atoms with van der Waals surface area (Å²) in [6.07, 6.45) is 8.18. The van der Waals surface area contributed by atoms with Gasteiger partial charge in [-0.2, -0.15) is 0 Å². The second-order valence-corrected chi connectivity index (χ2v) is 6.85. The average molecular weight is 280 g/mol. The maximum Gasteiger partial charge on any atom is 0.226 e. The summed E-state index contributed by atoms with van der Waals surface area (Å²) in [6.45, 7) is 3.64. The van der Waals surface area contributed by atoms with Gasteiger partial charge in [-0.1, -0.05) is 26.2 Å². The molecule has 0 aromatic rings. The summed E-state index contributed by atoms with van der Waals surface area (Å²) in [5, 5.41) is 0. The molecule has 5 unspecified atom stereocenters. The fourth-order valence-electron chi connectivity index (χ4n) is 4.33. The van der Waals surface area contributed by atoms with Crippen LogP contribution >= 0.6 is 0 Å². The molecule has 1 amide bonds. The zero-order valence-corrected chi connectivity index (χ0v) is 12.6. The zero-order chi connectivity index (χ0) is 14.1. The molecule has 3 rings (SSSR count). The van der Waals surface area contributed by atoms with Crippen LogP contribution in [0, 0.1) is 11.8 Å². The second kappa shape index (κ2) is 6.02. The predicted octanol–water partition coefficient (Wildman–Crippen LogP) is 1.92. The molecule has 0 radical (unpaired) electrons. The van der Waals surface area contributed by atoms with Gasteiger partial charge < -0.3 is 15.4 Å². The van der Waals surface area contributed by atoms with E-state index in [4.69, 9.17) is 10.5 Å². The molecule has 0 spiro atoms. The van der Waals surface area contributed by atoms with Crippen molar-refractivity contribution in [3.05, 3.63) is 0 Å². The Hall–Kier alpha value is -0.610. The van der Waals surface area contributed by atoms with E-state index in [2.05, 4.69) is 11.8 Å². The van der Waals surface area contributed by atoms with Crippen molar-refractivity contribution in [3.8, 4) is 0 Å².